The number of hydrogen-bond acceptors (Lipinski definition) is 3. The molecular weight excluding hydrogens is 340 g/mol. The van der Waals surface area contributed by atoms with E-state index in [4.69, 9.17) is 4.74 Å². The van der Waals surface area contributed by atoms with Crippen LogP contribution >= 0.6 is 0 Å². The number of benzene rings is 1. The van der Waals surface area contributed by atoms with Gasteiger partial charge < -0.3 is 19.9 Å². The van der Waals surface area contributed by atoms with Crippen molar-refractivity contribution >= 4 is 11.9 Å². The van der Waals surface area contributed by atoms with Gasteiger partial charge in [0.25, 0.3) is 0 Å². The molecule has 0 spiro atoms. The zero-order valence-corrected chi connectivity index (χ0v) is 16.6. The fraction of sp³-hybridized carbons (Fsp3) is 0.619. The van der Waals surface area contributed by atoms with Crippen LogP contribution in [0, 0.1) is 0 Å². The summed E-state index contributed by atoms with van der Waals surface area (Å²) in [7, 11) is 0. The molecule has 1 aromatic rings. The molecule has 3 rings (SSSR count). The van der Waals surface area contributed by atoms with E-state index < -0.39 is 0 Å². The Morgan fingerprint density at radius 2 is 1.89 bits per heavy atom. The summed E-state index contributed by atoms with van der Waals surface area (Å²) in [5, 5.41) is 3.34. The SMILES string of the molecule is CCNC(=NCC(=O)N1CCc2ccccc2C1)N1CCC(OCC)CC1. The molecule has 2 aliphatic heterocycles. The van der Waals surface area contributed by atoms with Crippen LogP contribution in [-0.2, 0) is 22.5 Å². The number of aliphatic imine (C=N–C) groups is 1. The molecule has 0 unspecified atom stereocenters. The van der Waals surface area contributed by atoms with Gasteiger partial charge in [0.2, 0.25) is 5.91 Å². The van der Waals surface area contributed by atoms with E-state index in [0.717, 1.165) is 58.0 Å². The van der Waals surface area contributed by atoms with Crippen molar-refractivity contribution in [3.05, 3.63) is 35.4 Å². The van der Waals surface area contributed by atoms with Crippen LogP contribution in [0.4, 0.5) is 0 Å². The highest BCUT2D eigenvalue weighted by atomic mass is 16.5. The first kappa shape index (κ1) is 19.7. The summed E-state index contributed by atoms with van der Waals surface area (Å²) < 4.78 is 5.73. The van der Waals surface area contributed by atoms with Crippen LogP contribution in [0.5, 0.6) is 0 Å². The lowest BCUT2D eigenvalue weighted by Gasteiger charge is -2.34. The smallest absolute Gasteiger partial charge is 0.244 e. The second-order valence-electron chi connectivity index (χ2n) is 7.15. The number of fused-ring (bicyclic) bond motifs is 1. The highest BCUT2D eigenvalue weighted by Crippen LogP contribution is 2.18. The van der Waals surface area contributed by atoms with Crippen LogP contribution in [0.25, 0.3) is 0 Å². The fourth-order valence-electron chi connectivity index (χ4n) is 3.85. The maximum absolute atomic E-state index is 12.7. The molecule has 1 fully saturated rings. The lowest BCUT2D eigenvalue weighted by Crippen LogP contribution is -2.47. The van der Waals surface area contributed by atoms with E-state index in [1.54, 1.807) is 0 Å². The molecule has 1 saturated heterocycles. The minimum absolute atomic E-state index is 0.101. The molecule has 148 valence electrons. The standard InChI is InChI=1S/C21H32N4O2/c1-3-22-21(24-13-10-19(11-14-24)27-4-2)23-15-20(26)25-12-9-17-7-5-6-8-18(17)16-25/h5-8,19H,3-4,9-16H2,1-2H3,(H,22,23). The predicted octanol–water partition coefficient (Wildman–Crippen LogP) is 2.04. The van der Waals surface area contributed by atoms with Crippen LogP contribution in [0.1, 0.15) is 37.8 Å². The molecule has 0 aromatic heterocycles. The number of carbonyl (C=O) groups is 1. The number of nitrogens with zero attached hydrogens (tertiary/aromatic N) is 3. The second-order valence-corrected chi connectivity index (χ2v) is 7.15. The third-order valence-corrected chi connectivity index (χ3v) is 5.33. The van der Waals surface area contributed by atoms with E-state index in [0.29, 0.717) is 12.6 Å². The number of piperidine rings is 1. The van der Waals surface area contributed by atoms with Gasteiger partial charge in [0.15, 0.2) is 5.96 Å². The van der Waals surface area contributed by atoms with Gasteiger partial charge in [-0.3, -0.25) is 4.79 Å². The molecule has 2 heterocycles. The average Bonchev–Trinajstić information content (AvgIpc) is 2.71. The van der Waals surface area contributed by atoms with Crippen molar-refractivity contribution < 1.29 is 9.53 Å². The lowest BCUT2D eigenvalue weighted by molar-refractivity contribution is -0.130. The molecule has 2 aliphatic rings. The first-order valence-corrected chi connectivity index (χ1v) is 10.2. The molecular formula is C21H32N4O2. The van der Waals surface area contributed by atoms with Crippen molar-refractivity contribution in [3.8, 4) is 0 Å². The van der Waals surface area contributed by atoms with Gasteiger partial charge in [-0.25, -0.2) is 4.99 Å². The van der Waals surface area contributed by atoms with E-state index >= 15 is 0 Å². The molecule has 0 bridgehead atoms. The number of guanidine groups is 1. The Morgan fingerprint density at radius 1 is 1.15 bits per heavy atom. The van der Waals surface area contributed by atoms with E-state index in [2.05, 4.69) is 40.3 Å². The summed E-state index contributed by atoms with van der Waals surface area (Å²) in [6.45, 7) is 9.19. The number of amides is 1. The first-order chi connectivity index (χ1) is 13.2. The predicted molar refractivity (Wildman–Crippen MR) is 108 cm³/mol. The normalized spacial score (nSPS) is 18.4. The van der Waals surface area contributed by atoms with E-state index in [9.17, 15) is 4.79 Å². The van der Waals surface area contributed by atoms with E-state index in [-0.39, 0.29) is 12.5 Å². The Bertz CT molecular complexity index is 653. The highest BCUT2D eigenvalue weighted by Gasteiger charge is 2.23. The summed E-state index contributed by atoms with van der Waals surface area (Å²) in [5.41, 5.74) is 2.61. The number of ether oxygens (including phenoxy) is 1. The largest absolute Gasteiger partial charge is 0.378 e. The Hall–Kier alpha value is -2.08. The van der Waals surface area contributed by atoms with Gasteiger partial charge in [0, 0.05) is 39.3 Å². The van der Waals surface area contributed by atoms with Crippen molar-refractivity contribution in [2.45, 2.75) is 45.8 Å². The molecule has 0 saturated carbocycles. The van der Waals surface area contributed by atoms with Crippen LogP contribution in [-0.4, -0.2) is 67.1 Å². The van der Waals surface area contributed by atoms with Gasteiger partial charge in [0.1, 0.15) is 6.54 Å². The van der Waals surface area contributed by atoms with Crippen molar-refractivity contribution in [2.24, 2.45) is 4.99 Å². The quantitative estimate of drug-likeness (QED) is 0.635. The fourth-order valence-corrected chi connectivity index (χ4v) is 3.85. The number of hydrogen-bond donors (Lipinski definition) is 1. The maximum Gasteiger partial charge on any atom is 0.244 e. The molecule has 6 heteroatoms. The second kappa shape index (κ2) is 9.74. The zero-order valence-electron chi connectivity index (χ0n) is 16.6. The van der Waals surface area contributed by atoms with Gasteiger partial charge in [-0.05, 0) is 44.2 Å². The highest BCUT2D eigenvalue weighted by molar-refractivity contribution is 5.85. The molecule has 1 aromatic carbocycles. The summed E-state index contributed by atoms with van der Waals surface area (Å²) in [6.07, 6.45) is 3.30. The number of carbonyl (C=O) groups excluding carboxylic acids is 1. The Labute approximate surface area is 162 Å². The summed E-state index contributed by atoms with van der Waals surface area (Å²) >= 11 is 0. The van der Waals surface area contributed by atoms with Gasteiger partial charge in [0.05, 0.1) is 6.10 Å². The van der Waals surface area contributed by atoms with Gasteiger partial charge in [-0.1, -0.05) is 24.3 Å². The minimum atomic E-state index is 0.101. The monoisotopic (exact) mass is 372 g/mol. The third-order valence-electron chi connectivity index (χ3n) is 5.33. The molecule has 0 radical (unpaired) electrons. The molecule has 0 aliphatic carbocycles. The lowest BCUT2D eigenvalue weighted by atomic mass is 10.00. The molecule has 1 N–H and O–H groups in total. The molecule has 27 heavy (non-hydrogen) atoms. The topological polar surface area (TPSA) is 57.2 Å². The van der Waals surface area contributed by atoms with Crippen molar-refractivity contribution in [3.63, 3.8) is 0 Å². The number of rotatable bonds is 5. The van der Waals surface area contributed by atoms with Crippen LogP contribution < -0.4 is 5.32 Å². The van der Waals surface area contributed by atoms with Crippen LogP contribution in [0.3, 0.4) is 0 Å². The maximum atomic E-state index is 12.7. The minimum Gasteiger partial charge on any atom is -0.378 e. The van der Waals surface area contributed by atoms with Crippen molar-refractivity contribution in [1.29, 1.82) is 0 Å². The summed E-state index contributed by atoms with van der Waals surface area (Å²) in [5.74, 6) is 0.947. The van der Waals surface area contributed by atoms with Crippen LogP contribution in [0.15, 0.2) is 29.3 Å². The molecule has 0 atom stereocenters. The Kier molecular flexibility index (Phi) is 7.10. The number of likely N-dealkylation sites (tertiary alicyclic amines) is 1. The Morgan fingerprint density at radius 3 is 2.59 bits per heavy atom. The average molecular weight is 373 g/mol. The van der Waals surface area contributed by atoms with Crippen molar-refractivity contribution in [2.75, 3.05) is 39.3 Å². The number of nitrogens with one attached hydrogen (secondary N) is 1. The molecule has 1 amide bonds. The first-order valence-electron chi connectivity index (χ1n) is 10.2. The van der Waals surface area contributed by atoms with Gasteiger partial charge in [-0.15, -0.1) is 0 Å². The summed E-state index contributed by atoms with van der Waals surface area (Å²) in [4.78, 5) is 21.5. The summed E-state index contributed by atoms with van der Waals surface area (Å²) in [6, 6.07) is 8.38. The van der Waals surface area contributed by atoms with Gasteiger partial charge >= 0.3 is 0 Å². The van der Waals surface area contributed by atoms with Gasteiger partial charge in [-0.2, -0.15) is 0 Å². The van der Waals surface area contributed by atoms with Crippen LogP contribution in [0.2, 0.25) is 0 Å². The van der Waals surface area contributed by atoms with E-state index in [1.807, 2.05) is 17.9 Å². The molecule has 6 nitrogen and oxygen atoms in total. The van der Waals surface area contributed by atoms with Crippen molar-refractivity contribution in [1.82, 2.24) is 15.1 Å². The third kappa shape index (κ3) is 5.22. The Balaban J connectivity index is 1.56. The zero-order chi connectivity index (χ0) is 19.1. The van der Waals surface area contributed by atoms with E-state index in [1.165, 1.54) is 11.1 Å².